The van der Waals surface area contributed by atoms with Crippen LogP contribution in [0.15, 0.2) is 17.4 Å². The van der Waals surface area contributed by atoms with Crippen LogP contribution in [0.1, 0.15) is 38.4 Å². The van der Waals surface area contributed by atoms with Crippen LogP contribution in [-0.2, 0) is 6.54 Å². The highest BCUT2D eigenvalue weighted by atomic mass is 127. The lowest BCUT2D eigenvalue weighted by Crippen LogP contribution is -2.37. The summed E-state index contributed by atoms with van der Waals surface area (Å²) in [5.41, 5.74) is 0. The average Bonchev–Trinajstić information content (AvgIpc) is 2.92. The SMILES string of the molecule is CCNC(=NCCCCSC)NCCCCn1ccnc1C.I. The maximum absolute atomic E-state index is 4.62. The van der Waals surface area contributed by atoms with Gasteiger partial charge in [0.1, 0.15) is 5.82 Å². The van der Waals surface area contributed by atoms with Crippen LogP contribution in [0.4, 0.5) is 0 Å². The Morgan fingerprint density at radius 2 is 2.09 bits per heavy atom. The van der Waals surface area contributed by atoms with Crippen molar-refractivity contribution in [2.75, 3.05) is 31.6 Å². The van der Waals surface area contributed by atoms with Gasteiger partial charge in [0.2, 0.25) is 0 Å². The van der Waals surface area contributed by atoms with E-state index in [1.807, 2.05) is 31.1 Å². The van der Waals surface area contributed by atoms with Gasteiger partial charge in [0.05, 0.1) is 0 Å². The highest BCUT2D eigenvalue weighted by Crippen LogP contribution is 2.00. The number of guanidine groups is 1. The lowest BCUT2D eigenvalue weighted by atomic mass is 10.3. The number of nitrogens with zero attached hydrogens (tertiary/aromatic N) is 3. The molecule has 134 valence electrons. The van der Waals surface area contributed by atoms with E-state index in [1.54, 1.807) is 0 Å². The van der Waals surface area contributed by atoms with Gasteiger partial charge in [-0.25, -0.2) is 4.98 Å². The zero-order chi connectivity index (χ0) is 16.0. The minimum absolute atomic E-state index is 0. The normalized spacial score (nSPS) is 11.2. The summed E-state index contributed by atoms with van der Waals surface area (Å²) in [6, 6.07) is 0. The number of unbranched alkanes of at least 4 members (excludes halogenated alkanes) is 2. The van der Waals surface area contributed by atoms with Crippen molar-refractivity contribution in [2.45, 2.75) is 46.1 Å². The summed E-state index contributed by atoms with van der Waals surface area (Å²) in [7, 11) is 0. The Labute approximate surface area is 162 Å². The number of hydrogen-bond acceptors (Lipinski definition) is 3. The quantitative estimate of drug-likeness (QED) is 0.234. The number of nitrogens with one attached hydrogen (secondary N) is 2. The molecule has 0 radical (unpaired) electrons. The first-order chi connectivity index (χ1) is 10.8. The molecule has 0 saturated carbocycles. The minimum atomic E-state index is 0. The van der Waals surface area contributed by atoms with Gasteiger partial charge >= 0.3 is 0 Å². The van der Waals surface area contributed by atoms with E-state index >= 15 is 0 Å². The summed E-state index contributed by atoms with van der Waals surface area (Å²) in [6.07, 6.45) is 10.8. The molecule has 0 aliphatic heterocycles. The van der Waals surface area contributed by atoms with Gasteiger partial charge in [-0.05, 0) is 51.5 Å². The first-order valence-electron chi connectivity index (χ1n) is 8.26. The highest BCUT2D eigenvalue weighted by molar-refractivity contribution is 14.0. The molecule has 0 bridgehead atoms. The van der Waals surface area contributed by atoms with Crippen molar-refractivity contribution in [2.24, 2.45) is 4.99 Å². The molecule has 7 heteroatoms. The van der Waals surface area contributed by atoms with Crippen molar-refractivity contribution in [1.29, 1.82) is 0 Å². The topological polar surface area (TPSA) is 54.2 Å². The van der Waals surface area contributed by atoms with E-state index in [9.17, 15) is 0 Å². The Balaban J connectivity index is 0.00000484. The molecule has 0 atom stereocenters. The van der Waals surface area contributed by atoms with Gasteiger partial charge in [-0.1, -0.05) is 0 Å². The number of rotatable bonds is 11. The van der Waals surface area contributed by atoms with E-state index in [4.69, 9.17) is 0 Å². The zero-order valence-corrected chi connectivity index (χ0v) is 17.8. The second-order valence-electron chi connectivity index (χ2n) is 5.26. The van der Waals surface area contributed by atoms with Crippen LogP contribution in [-0.4, -0.2) is 47.2 Å². The van der Waals surface area contributed by atoms with Crippen LogP contribution in [0.25, 0.3) is 0 Å². The Kier molecular flexibility index (Phi) is 14.8. The lowest BCUT2D eigenvalue weighted by molar-refractivity contribution is 0.588. The summed E-state index contributed by atoms with van der Waals surface area (Å²) in [5.74, 6) is 3.27. The molecule has 0 amide bonds. The molecular weight excluding hydrogens is 421 g/mol. The van der Waals surface area contributed by atoms with Crippen molar-refractivity contribution in [3.63, 3.8) is 0 Å². The van der Waals surface area contributed by atoms with Gasteiger partial charge in [0.15, 0.2) is 5.96 Å². The standard InChI is InChI=1S/C16H31N5S.HI/c1-4-17-16(20-10-6-8-14-22-3)19-9-5-7-12-21-13-11-18-15(21)2;/h11,13H,4-10,12,14H2,1-3H3,(H2,17,19,20);1H. The van der Waals surface area contributed by atoms with E-state index in [0.717, 1.165) is 57.2 Å². The Hall–Kier alpha value is -0.440. The van der Waals surface area contributed by atoms with E-state index in [1.165, 1.54) is 12.2 Å². The monoisotopic (exact) mass is 453 g/mol. The Bertz CT molecular complexity index is 422. The average molecular weight is 453 g/mol. The van der Waals surface area contributed by atoms with Gasteiger partial charge in [0, 0.05) is 38.6 Å². The van der Waals surface area contributed by atoms with Gasteiger partial charge in [-0.15, -0.1) is 24.0 Å². The van der Waals surface area contributed by atoms with Crippen LogP contribution in [0, 0.1) is 6.92 Å². The predicted octanol–water partition coefficient (Wildman–Crippen LogP) is 3.29. The number of thioether (sulfide) groups is 1. The molecule has 1 aromatic heterocycles. The van der Waals surface area contributed by atoms with Crippen molar-refractivity contribution in [3.8, 4) is 0 Å². The molecule has 23 heavy (non-hydrogen) atoms. The van der Waals surface area contributed by atoms with Crippen LogP contribution in [0.3, 0.4) is 0 Å². The molecule has 0 fully saturated rings. The van der Waals surface area contributed by atoms with Crippen molar-refractivity contribution >= 4 is 41.7 Å². The van der Waals surface area contributed by atoms with Crippen molar-refractivity contribution in [1.82, 2.24) is 20.2 Å². The molecule has 0 unspecified atom stereocenters. The fourth-order valence-electron chi connectivity index (χ4n) is 2.14. The zero-order valence-electron chi connectivity index (χ0n) is 14.7. The van der Waals surface area contributed by atoms with Gasteiger partial charge in [0.25, 0.3) is 0 Å². The molecule has 1 aromatic rings. The third-order valence-electron chi connectivity index (χ3n) is 3.41. The maximum atomic E-state index is 4.62. The molecule has 1 rings (SSSR count). The third kappa shape index (κ3) is 10.9. The number of hydrogen-bond donors (Lipinski definition) is 2. The van der Waals surface area contributed by atoms with Crippen molar-refractivity contribution < 1.29 is 0 Å². The van der Waals surface area contributed by atoms with Gasteiger partial charge < -0.3 is 15.2 Å². The van der Waals surface area contributed by atoms with Crippen molar-refractivity contribution in [3.05, 3.63) is 18.2 Å². The van der Waals surface area contributed by atoms with E-state index in [0.29, 0.717) is 0 Å². The first-order valence-corrected chi connectivity index (χ1v) is 9.66. The second kappa shape index (κ2) is 15.1. The van der Waals surface area contributed by atoms with Crippen LogP contribution in [0.5, 0.6) is 0 Å². The summed E-state index contributed by atoms with van der Waals surface area (Å²) < 4.78 is 2.20. The second-order valence-corrected chi connectivity index (χ2v) is 6.25. The molecule has 0 saturated heterocycles. The number of imidazole rings is 1. The first kappa shape index (κ1) is 22.6. The molecule has 0 aromatic carbocycles. The number of aliphatic imine (C=N–C) groups is 1. The van der Waals surface area contributed by atoms with Gasteiger partial charge in [-0.3, -0.25) is 4.99 Å². The molecule has 1 heterocycles. The third-order valence-corrected chi connectivity index (χ3v) is 4.11. The van der Waals surface area contributed by atoms with E-state index in [-0.39, 0.29) is 24.0 Å². The largest absolute Gasteiger partial charge is 0.357 e. The van der Waals surface area contributed by atoms with Crippen LogP contribution in [0.2, 0.25) is 0 Å². The van der Waals surface area contributed by atoms with Crippen LogP contribution < -0.4 is 10.6 Å². The fourth-order valence-corrected chi connectivity index (χ4v) is 2.64. The van der Waals surface area contributed by atoms with E-state index < -0.39 is 0 Å². The summed E-state index contributed by atoms with van der Waals surface area (Å²) in [6.45, 7) is 7.97. The number of halogens is 1. The molecule has 0 aliphatic rings. The maximum Gasteiger partial charge on any atom is 0.191 e. The molecular formula is C16H32IN5S. The molecule has 2 N–H and O–H groups in total. The smallest absolute Gasteiger partial charge is 0.191 e. The van der Waals surface area contributed by atoms with Crippen LogP contribution >= 0.6 is 35.7 Å². The Morgan fingerprint density at radius 1 is 1.26 bits per heavy atom. The summed E-state index contributed by atoms with van der Waals surface area (Å²) in [4.78, 5) is 8.86. The number of aromatic nitrogens is 2. The molecule has 5 nitrogen and oxygen atoms in total. The lowest BCUT2D eigenvalue weighted by Gasteiger charge is -2.11. The highest BCUT2D eigenvalue weighted by Gasteiger charge is 1.98. The Morgan fingerprint density at radius 3 is 2.74 bits per heavy atom. The van der Waals surface area contributed by atoms with E-state index in [2.05, 4.69) is 38.4 Å². The molecule has 0 aliphatic carbocycles. The fraction of sp³-hybridized carbons (Fsp3) is 0.750. The summed E-state index contributed by atoms with van der Waals surface area (Å²) >= 11 is 1.90. The number of aryl methyl sites for hydroxylation is 2. The minimum Gasteiger partial charge on any atom is -0.357 e. The summed E-state index contributed by atoms with van der Waals surface area (Å²) in [5, 5.41) is 6.72. The van der Waals surface area contributed by atoms with Gasteiger partial charge in [-0.2, -0.15) is 11.8 Å². The predicted molar refractivity (Wildman–Crippen MR) is 113 cm³/mol. The molecule has 0 spiro atoms.